The summed E-state index contributed by atoms with van der Waals surface area (Å²) in [7, 11) is 1.57. The first kappa shape index (κ1) is 20.4. The Hall–Kier alpha value is -1.89. The number of carbonyl (C=O) groups excluding carboxylic acids is 3. The van der Waals surface area contributed by atoms with Gasteiger partial charge in [0.1, 0.15) is 6.04 Å². The van der Waals surface area contributed by atoms with E-state index in [2.05, 4.69) is 10.6 Å². The summed E-state index contributed by atoms with van der Waals surface area (Å²) < 4.78 is 0. The van der Waals surface area contributed by atoms with E-state index in [0.29, 0.717) is 0 Å². The number of fused-ring (bicyclic) bond motifs is 1. The summed E-state index contributed by atoms with van der Waals surface area (Å²) in [5.41, 5.74) is 0. The maximum atomic E-state index is 13.3. The molecule has 0 saturated carbocycles. The molecule has 3 N–H and O–H groups in total. The van der Waals surface area contributed by atoms with Gasteiger partial charge in [-0.25, -0.2) is 0 Å². The number of amides is 3. The van der Waals surface area contributed by atoms with Crippen molar-refractivity contribution in [1.29, 1.82) is 0 Å². The molecule has 2 rings (SSSR count). The second kappa shape index (κ2) is 8.20. The summed E-state index contributed by atoms with van der Waals surface area (Å²) in [4.78, 5) is 40.2. The van der Waals surface area contributed by atoms with Crippen LogP contribution in [-0.2, 0) is 14.4 Å². The Labute approximate surface area is 155 Å². The predicted molar refractivity (Wildman–Crippen MR) is 97.9 cm³/mol. The number of nitrogens with one attached hydrogen (secondary N) is 2. The number of aliphatic hydroxyl groups excluding tert-OH is 1. The molecule has 1 saturated heterocycles. The van der Waals surface area contributed by atoms with Crippen LogP contribution in [0.5, 0.6) is 0 Å². The summed E-state index contributed by atoms with van der Waals surface area (Å²) in [5.74, 6) is -2.14. The smallest absolute Gasteiger partial charge is 0.243 e. The number of hydrogen-bond donors (Lipinski definition) is 3. The molecule has 7 heteroatoms. The van der Waals surface area contributed by atoms with Gasteiger partial charge < -0.3 is 20.6 Å². The highest BCUT2D eigenvalue weighted by Gasteiger charge is 2.57. The average Bonchev–Trinajstić information content (AvgIpc) is 2.91. The largest absolute Gasteiger partial charge is 0.394 e. The highest BCUT2D eigenvalue weighted by Crippen LogP contribution is 2.45. The van der Waals surface area contributed by atoms with Crippen LogP contribution in [0, 0.1) is 23.7 Å². The Morgan fingerprint density at radius 1 is 1.23 bits per heavy atom. The third-order valence-electron chi connectivity index (χ3n) is 5.51. The predicted octanol–water partition coefficient (Wildman–Crippen LogP) is 0.293. The molecule has 1 heterocycles. The van der Waals surface area contributed by atoms with Crippen LogP contribution in [0.15, 0.2) is 12.2 Å². The molecule has 0 spiro atoms. The van der Waals surface area contributed by atoms with Gasteiger partial charge in [-0.2, -0.15) is 0 Å². The molecule has 1 aliphatic heterocycles. The van der Waals surface area contributed by atoms with Gasteiger partial charge in [-0.05, 0) is 33.1 Å². The van der Waals surface area contributed by atoms with Gasteiger partial charge in [-0.15, -0.1) is 0 Å². The standard InChI is InChI=1S/C19H31N3O4/c1-6-12-7-8-13-15(14(12)17(24)20-5)19(26)22(11(4)9-23)16(13)18(25)21-10(2)3/h7-8,10-16,23H,6,9H2,1-5H3,(H,20,24)(H,21,25)/t11-,12-,13+,14-,15-,16+/m1/s1. The van der Waals surface area contributed by atoms with Crippen LogP contribution in [0.4, 0.5) is 0 Å². The van der Waals surface area contributed by atoms with Gasteiger partial charge in [0.2, 0.25) is 17.7 Å². The van der Waals surface area contributed by atoms with Crippen LogP contribution in [0.1, 0.15) is 34.1 Å². The number of nitrogens with zero attached hydrogens (tertiary/aromatic N) is 1. The van der Waals surface area contributed by atoms with Crippen LogP contribution in [0.25, 0.3) is 0 Å². The normalized spacial score (nSPS) is 31.7. The van der Waals surface area contributed by atoms with Crippen molar-refractivity contribution in [2.45, 2.75) is 52.2 Å². The van der Waals surface area contributed by atoms with Crippen molar-refractivity contribution in [3.05, 3.63) is 12.2 Å². The molecule has 0 unspecified atom stereocenters. The Bertz CT molecular complexity index is 589. The van der Waals surface area contributed by atoms with Crippen molar-refractivity contribution in [1.82, 2.24) is 15.5 Å². The molecule has 0 bridgehead atoms. The molecule has 26 heavy (non-hydrogen) atoms. The molecule has 1 aliphatic carbocycles. The second-order valence-corrected chi connectivity index (χ2v) is 7.59. The zero-order valence-corrected chi connectivity index (χ0v) is 16.2. The fraction of sp³-hybridized carbons (Fsp3) is 0.737. The van der Waals surface area contributed by atoms with Crippen LogP contribution >= 0.6 is 0 Å². The minimum absolute atomic E-state index is 0.0432. The van der Waals surface area contributed by atoms with Crippen LogP contribution in [0.2, 0.25) is 0 Å². The number of likely N-dealkylation sites (tertiary alicyclic amines) is 1. The zero-order valence-electron chi connectivity index (χ0n) is 16.2. The zero-order chi connectivity index (χ0) is 19.6. The third-order valence-corrected chi connectivity index (χ3v) is 5.51. The maximum Gasteiger partial charge on any atom is 0.243 e. The van der Waals surface area contributed by atoms with E-state index in [1.165, 1.54) is 4.90 Å². The molecule has 0 aromatic heterocycles. The van der Waals surface area contributed by atoms with Crippen molar-refractivity contribution in [3.63, 3.8) is 0 Å². The summed E-state index contributed by atoms with van der Waals surface area (Å²) in [5, 5.41) is 15.2. The number of rotatable bonds is 6. The van der Waals surface area contributed by atoms with Crippen molar-refractivity contribution < 1.29 is 19.5 Å². The molecule has 2 aliphatic rings. The Balaban J connectivity index is 2.49. The van der Waals surface area contributed by atoms with Crippen molar-refractivity contribution in [3.8, 4) is 0 Å². The lowest BCUT2D eigenvalue weighted by Crippen LogP contribution is -2.52. The van der Waals surface area contributed by atoms with E-state index >= 15 is 0 Å². The van der Waals surface area contributed by atoms with Crippen LogP contribution in [-0.4, -0.2) is 59.5 Å². The lowest BCUT2D eigenvalue weighted by Gasteiger charge is -2.34. The van der Waals surface area contributed by atoms with Gasteiger partial charge in [0.05, 0.1) is 24.5 Å². The van der Waals surface area contributed by atoms with Crippen LogP contribution < -0.4 is 10.6 Å². The number of carbonyl (C=O) groups is 3. The van der Waals surface area contributed by atoms with Crippen molar-refractivity contribution in [2.75, 3.05) is 13.7 Å². The van der Waals surface area contributed by atoms with Gasteiger partial charge in [-0.3, -0.25) is 14.4 Å². The van der Waals surface area contributed by atoms with E-state index in [9.17, 15) is 19.5 Å². The molecule has 0 aromatic carbocycles. The summed E-state index contributed by atoms with van der Waals surface area (Å²) in [6, 6.07) is -1.26. The molecule has 146 valence electrons. The molecule has 1 fully saturated rings. The fourth-order valence-corrected chi connectivity index (χ4v) is 4.30. The first-order valence-electron chi connectivity index (χ1n) is 9.41. The van der Waals surface area contributed by atoms with Gasteiger partial charge >= 0.3 is 0 Å². The quantitative estimate of drug-likeness (QED) is 0.589. The fourth-order valence-electron chi connectivity index (χ4n) is 4.30. The molecule has 3 amide bonds. The molecule has 6 atom stereocenters. The molecule has 7 nitrogen and oxygen atoms in total. The van der Waals surface area contributed by atoms with E-state index in [1.54, 1.807) is 14.0 Å². The molecular weight excluding hydrogens is 334 g/mol. The summed E-state index contributed by atoms with van der Waals surface area (Å²) in [6.45, 7) is 7.21. The second-order valence-electron chi connectivity index (χ2n) is 7.59. The lowest BCUT2D eigenvalue weighted by atomic mass is 9.69. The average molecular weight is 365 g/mol. The molecule has 0 aromatic rings. The van der Waals surface area contributed by atoms with Crippen molar-refractivity contribution >= 4 is 17.7 Å². The monoisotopic (exact) mass is 365 g/mol. The number of allylic oxidation sites excluding steroid dienone is 1. The highest BCUT2D eigenvalue weighted by molar-refractivity contribution is 5.97. The van der Waals surface area contributed by atoms with E-state index in [4.69, 9.17) is 0 Å². The number of aliphatic hydroxyl groups is 1. The maximum absolute atomic E-state index is 13.3. The summed E-state index contributed by atoms with van der Waals surface area (Å²) >= 11 is 0. The summed E-state index contributed by atoms with van der Waals surface area (Å²) in [6.07, 6.45) is 4.63. The Kier molecular flexibility index (Phi) is 6.44. The number of hydrogen-bond acceptors (Lipinski definition) is 4. The highest BCUT2D eigenvalue weighted by atomic mass is 16.3. The van der Waals surface area contributed by atoms with E-state index in [0.717, 1.165) is 6.42 Å². The van der Waals surface area contributed by atoms with E-state index in [-0.39, 0.29) is 42.2 Å². The minimum Gasteiger partial charge on any atom is -0.394 e. The first-order valence-corrected chi connectivity index (χ1v) is 9.41. The van der Waals surface area contributed by atoms with Gasteiger partial charge in [0, 0.05) is 19.0 Å². The van der Waals surface area contributed by atoms with E-state index < -0.39 is 23.9 Å². The van der Waals surface area contributed by atoms with Gasteiger partial charge in [-0.1, -0.05) is 19.1 Å². The van der Waals surface area contributed by atoms with E-state index in [1.807, 2.05) is 32.9 Å². The molecule has 0 radical (unpaired) electrons. The lowest BCUT2D eigenvalue weighted by molar-refractivity contribution is -0.143. The minimum atomic E-state index is -0.710. The Morgan fingerprint density at radius 2 is 1.88 bits per heavy atom. The molecular formula is C19H31N3O4. The SMILES string of the molecule is CC[C@@H]1C=C[C@H]2[C@@H](C(=O)N([C@H](C)CO)[C@@H]2C(=O)NC(C)C)[C@@H]1C(=O)NC. The Morgan fingerprint density at radius 3 is 2.38 bits per heavy atom. The topological polar surface area (TPSA) is 98.7 Å². The van der Waals surface area contributed by atoms with Crippen molar-refractivity contribution in [2.24, 2.45) is 23.7 Å². The third kappa shape index (κ3) is 3.49. The first-order chi connectivity index (χ1) is 12.3. The van der Waals surface area contributed by atoms with Gasteiger partial charge in [0.25, 0.3) is 0 Å². The van der Waals surface area contributed by atoms with Crippen LogP contribution in [0.3, 0.4) is 0 Å². The van der Waals surface area contributed by atoms with Gasteiger partial charge in [0.15, 0.2) is 0 Å².